The van der Waals surface area contributed by atoms with Crippen molar-refractivity contribution in [2.24, 2.45) is 0 Å². The van der Waals surface area contributed by atoms with E-state index in [1.54, 1.807) is 12.3 Å². The van der Waals surface area contributed by atoms with Crippen molar-refractivity contribution in [1.82, 2.24) is 5.32 Å². The Morgan fingerprint density at radius 2 is 1.94 bits per heavy atom. The predicted octanol–water partition coefficient (Wildman–Crippen LogP) is 1.86. The van der Waals surface area contributed by atoms with Gasteiger partial charge in [0.2, 0.25) is 5.91 Å². The lowest BCUT2D eigenvalue weighted by molar-refractivity contribution is -0.125. The van der Waals surface area contributed by atoms with E-state index in [0.717, 1.165) is 0 Å². The first-order valence-corrected chi connectivity index (χ1v) is 6.83. The van der Waals surface area contributed by atoms with Crippen LogP contribution in [-0.2, 0) is 9.59 Å². The van der Waals surface area contributed by atoms with E-state index < -0.39 is 25.8 Å². The summed E-state index contributed by atoms with van der Waals surface area (Å²) in [7, 11) is 0. The maximum atomic E-state index is 11.9. The van der Waals surface area contributed by atoms with E-state index in [2.05, 4.69) is 5.32 Å². The third kappa shape index (κ3) is 1.19. The molecule has 0 bridgehead atoms. The summed E-state index contributed by atoms with van der Waals surface area (Å²) >= 11 is 19.6. The zero-order valence-electron chi connectivity index (χ0n) is 8.22. The topological polar surface area (TPSA) is 46.2 Å². The van der Waals surface area contributed by atoms with Crippen molar-refractivity contribution in [3.05, 3.63) is 12.2 Å². The summed E-state index contributed by atoms with van der Waals surface area (Å²) in [5, 5.41) is 2.21. The lowest BCUT2D eigenvalue weighted by atomic mass is 9.82. The summed E-state index contributed by atoms with van der Waals surface area (Å²) < 4.78 is -2.73. The average molecular weight is 301 g/mol. The van der Waals surface area contributed by atoms with Crippen molar-refractivity contribution >= 4 is 58.4 Å². The van der Waals surface area contributed by atoms with E-state index in [0.29, 0.717) is 6.42 Å². The van der Waals surface area contributed by atoms with E-state index in [1.165, 1.54) is 17.8 Å². The molecule has 7 heteroatoms. The fraction of sp³-hybridized carbons (Fsp3) is 0.556. The van der Waals surface area contributed by atoms with Crippen LogP contribution < -0.4 is 5.32 Å². The van der Waals surface area contributed by atoms with Gasteiger partial charge < -0.3 is 0 Å². The van der Waals surface area contributed by atoms with E-state index in [9.17, 15) is 9.59 Å². The Morgan fingerprint density at radius 3 is 2.44 bits per heavy atom. The molecular weight excluding hydrogens is 293 g/mol. The number of alkyl halides is 3. The van der Waals surface area contributed by atoms with Crippen LogP contribution in [0, 0.1) is 0 Å². The standard InChI is InChI=1S/C9H8Cl3NO2S/c1-16-7-3-2-4-8(10,11)9(7,12)6(15)13-5(7)14/h2,4H,3H2,1H3,(H,13,14,15). The molecule has 3 nitrogen and oxygen atoms in total. The Bertz CT molecular complexity index is 412. The van der Waals surface area contributed by atoms with Crippen LogP contribution >= 0.6 is 46.6 Å². The van der Waals surface area contributed by atoms with Gasteiger partial charge in [-0.15, -0.1) is 23.4 Å². The Balaban J connectivity index is 2.69. The van der Waals surface area contributed by atoms with E-state index >= 15 is 0 Å². The minimum absolute atomic E-state index is 0.330. The highest BCUT2D eigenvalue weighted by Gasteiger charge is 2.74. The van der Waals surface area contributed by atoms with Gasteiger partial charge in [0.25, 0.3) is 5.91 Å². The largest absolute Gasteiger partial charge is 0.293 e. The molecule has 2 aliphatic rings. The lowest BCUT2D eigenvalue weighted by Crippen LogP contribution is -2.61. The zero-order chi connectivity index (χ0) is 12.2. The third-order valence-electron chi connectivity index (χ3n) is 3.00. The minimum Gasteiger partial charge on any atom is -0.293 e. The summed E-state index contributed by atoms with van der Waals surface area (Å²) in [6.07, 6.45) is 5.17. The van der Waals surface area contributed by atoms with Crippen molar-refractivity contribution in [3.8, 4) is 0 Å². The second-order valence-electron chi connectivity index (χ2n) is 3.70. The highest BCUT2D eigenvalue weighted by atomic mass is 35.5. The molecule has 1 aliphatic carbocycles. The molecule has 2 rings (SSSR count). The van der Waals surface area contributed by atoms with Gasteiger partial charge in [0.05, 0.1) is 0 Å². The van der Waals surface area contributed by atoms with Crippen LogP contribution in [0.15, 0.2) is 12.2 Å². The smallest absolute Gasteiger partial charge is 0.253 e. The molecule has 0 radical (unpaired) electrons. The summed E-state index contributed by atoms with van der Waals surface area (Å²) in [5.74, 6) is -1.07. The molecule has 88 valence electrons. The first-order valence-electron chi connectivity index (χ1n) is 4.47. The van der Waals surface area contributed by atoms with Crippen LogP contribution in [0.4, 0.5) is 0 Å². The van der Waals surface area contributed by atoms with E-state index in [4.69, 9.17) is 34.8 Å². The van der Waals surface area contributed by atoms with Crippen LogP contribution in [0.1, 0.15) is 6.42 Å². The van der Waals surface area contributed by atoms with Gasteiger partial charge in [0.1, 0.15) is 4.75 Å². The van der Waals surface area contributed by atoms with Crippen LogP contribution in [0.3, 0.4) is 0 Å². The molecule has 1 saturated heterocycles. The molecule has 0 spiro atoms. The number of fused-ring (bicyclic) bond motifs is 1. The molecule has 0 aromatic rings. The Morgan fingerprint density at radius 1 is 1.31 bits per heavy atom. The fourth-order valence-corrected chi connectivity index (χ4v) is 4.41. The van der Waals surface area contributed by atoms with Gasteiger partial charge in [-0.2, -0.15) is 0 Å². The van der Waals surface area contributed by atoms with Gasteiger partial charge in [-0.1, -0.05) is 35.4 Å². The normalized spacial score (nSPS) is 40.8. The first-order chi connectivity index (χ1) is 7.32. The Labute approximate surface area is 112 Å². The number of imide groups is 1. The van der Waals surface area contributed by atoms with Crippen LogP contribution in [0.5, 0.6) is 0 Å². The summed E-state index contributed by atoms with van der Waals surface area (Å²) in [5.41, 5.74) is 0. The molecule has 2 atom stereocenters. The maximum Gasteiger partial charge on any atom is 0.253 e. The molecule has 2 unspecified atom stereocenters. The van der Waals surface area contributed by atoms with Crippen molar-refractivity contribution in [1.29, 1.82) is 0 Å². The molecule has 2 amide bonds. The first kappa shape index (κ1) is 12.6. The number of carbonyl (C=O) groups excluding carboxylic acids is 2. The molecule has 0 aromatic carbocycles. The maximum absolute atomic E-state index is 11.9. The van der Waals surface area contributed by atoms with Gasteiger partial charge in [-0.3, -0.25) is 14.9 Å². The van der Waals surface area contributed by atoms with Gasteiger partial charge in [0, 0.05) is 0 Å². The molecule has 1 heterocycles. The second kappa shape index (κ2) is 3.55. The predicted molar refractivity (Wildman–Crippen MR) is 66.2 cm³/mol. The minimum atomic E-state index is -1.66. The number of carbonyl (C=O) groups is 2. The molecular formula is C9H8Cl3NO2S. The third-order valence-corrected chi connectivity index (χ3v) is 6.28. The monoisotopic (exact) mass is 299 g/mol. The molecule has 1 N–H and O–H groups in total. The van der Waals surface area contributed by atoms with Gasteiger partial charge >= 0.3 is 0 Å². The highest BCUT2D eigenvalue weighted by molar-refractivity contribution is 8.01. The molecule has 0 saturated carbocycles. The van der Waals surface area contributed by atoms with Gasteiger partial charge in [0.15, 0.2) is 9.21 Å². The number of amides is 2. The van der Waals surface area contributed by atoms with Crippen LogP contribution in [0.25, 0.3) is 0 Å². The zero-order valence-corrected chi connectivity index (χ0v) is 11.3. The number of halogens is 3. The number of hydrogen-bond acceptors (Lipinski definition) is 3. The van der Waals surface area contributed by atoms with Gasteiger partial charge in [-0.25, -0.2) is 0 Å². The quantitative estimate of drug-likeness (QED) is 0.457. The van der Waals surface area contributed by atoms with E-state index in [-0.39, 0.29) is 0 Å². The molecule has 1 aliphatic heterocycles. The van der Waals surface area contributed by atoms with Crippen LogP contribution in [0.2, 0.25) is 0 Å². The van der Waals surface area contributed by atoms with Crippen molar-refractivity contribution in [2.75, 3.05) is 6.26 Å². The van der Waals surface area contributed by atoms with Crippen LogP contribution in [-0.4, -0.2) is 32.0 Å². The number of hydrogen-bond donors (Lipinski definition) is 1. The fourth-order valence-electron chi connectivity index (χ4n) is 2.09. The summed E-state index contributed by atoms with van der Waals surface area (Å²) in [6, 6.07) is 0. The summed E-state index contributed by atoms with van der Waals surface area (Å²) in [4.78, 5) is 22.1. The number of nitrogens with one attached hydrogen (secondary N) is 1. The van der Waals surface area contributed by atoms with E-state index in [1.807, 2.05) is 0 Å². The number of thioether (sulfide) groups is 1. The number of allylic oxidation sites excluding steroid dienone is 2. The SMILES string of the molecule is CSC12CC=CC(Cl)(Cl)C1(Cl)C(=O)NC2=O. The Kier molecular flexibility index (Phi) is 2.78. The van der Waals surface area contributed by atoms with Crippen molar-refractivity contribution < 1.29 is 9.59 Å². The summed E-state index contributed by atoms with van der Waals surface area (Å²) in [6.45, 7) is 0. The molecule has 1 fully saturated rings. The Hall–Kier alpha value is 0.1000. The molecule has 0 aromatic heterocycles. The second-order valence-corrected chi connectivity index (χ2v) is 6.76. The van der Waals surface area contributed by atoms with Crippen molar-refractivity contribution in [3.63, 3.8) is 0 Å². The van der Waals surface area contributed by atoms with Crippen molar-refractivity contribution in [2.45, 2.75) is 20.4 Å². The average Bonchev–Trinajstić information content (AvgIpc) is 2.40. The molecule has 16 heavy (non-hydrogen) atoms. The highest BCUT2D eigenvalue weighted by Crippen LogP contribution is 2.58. The lowest BCUT2D eigenvalue weighted by Gasteiger charge is -2.43. The van der Waals surface area contributed by atoms with Gasteiger partial charge in [-0.05, 0) is 12.7 Å². The number of rotatable bonds is 1.